The number of nitrogens with two attached hydrogens (primary N) is 2. The van der Waals surface area contributed by atoms with Crippen molar-refractivity contribution in [2.75, 3.05) is 13.1 Å². The molecule has 0 saturated heterocycles. The Morgan fingerprint density at radius 2 is 0.799 bits per heavy atom. The van der Waals surface area contributed by atoms with Crippen molar-refractivity contribution in [3.63, 3.8) is 0 Å². The average Bonchev–Trinajstić information content (AvgIpc) is 0.918. The van der Waals surface area contributed by atoms with Crippen LogP contribution in [0.25, 0.3) is 0 Å². The van der Waals surface area contributed by atoms with Crippen molar-refractivity contribution in [1.82, 2.24) is 51.3 Å². The highest BCUT2D eigenvalue weighted by molar-refractivity contribution is 6.12. The number of halogens is 1. The molecule has 3 aromatic rings. The van der Waals surface area contributed by atoms with Gasteiger partial charge in [0.15, 0.2) is 29.0 Å². The Labute approximate surface area is 814 Å². The van der Waals surface area contributed by atoms with Gasteiger partial charge in [-0.1, -0.05) is 327 Å². The van der Waals surface area contributed by atoms with Crippen LogP contribution in [-0.4, -0.2) is 112 Å². The van der Waals surface area contributed by atoms with Gasteiger partial charge in [0.2, 0.25) is 5.91 Å². The van der Waals surface area contributed by atoms with E-state index in [1.54, 1.807) is 6.08 Å². The number of H-pyrrole nitrogens is 1. The second-order valence-corrected chi connectivity index (χ2v) is 55.8. The van der Waals surface area contributed by atoms with Crippen LogP contribution in [0.4, 0.5) is 14.0 Å². The highest BCUT2D eigenvalue weighted by atomic mass is 19.1. The van der Waals surface area contributed by atoms with Crippen molar-refractivity contribution in [2.24, 2.45) is 93.7 Å². The predicted octanol–water partition coefficient (Wildman–Crippen LogP) is 26.1. The number of allylic oxidation sites excluding steroid dienone is 2. The minimum absolute atomic E-state index is 0.0231. The molecule has 4 saturated carbocycles. The molecule has 0 aliphatic heterocycles. The number of primary amides is 2. The first-order valence-corrected chi connectivity index (χ1v) is 49.8. The highest BCUT2D eigenvalue weighted by Crippen LogP contribution is 2.53. The van der Waals surface area contributed by atoms with Crippen molar-refractivity contribution in [1.29, 1.82) is 0 Å². The zero-order chi connectivity index (χ0) is 106. The zero-order valence-electron chi connectivity index (χ0n) is 94.4. The van der Waals surface area contributed by atoms with E-state index in [0.717, 1.165) is 93.0 Å². The van der Waals surface area contributed by atoms with Crippen LogP contribution in [0.1, 0.15) is 483 Å². The Balaban J connectivity index is 0.00000154. The Bertz CT molecular complexity index is 4060. The number of carbonyl (C=O) groups is 10. The summed E-state index contributed by atoms with van der Waals surface area (Å²) in [5.41, 5.74) is 7.07. The Hall–Kier alpha value is -7.14. The van der Waals surface area contributed by atoms with Crippen LogP contribution in [-0.2, 0) is 71.0 Å². The fourth-order valence-corrected chi connectivity index (χ4v) is 15.7. The third kappa shape index (κ3) is 41.5. The molecule has 3 aromatic heterocycles. The number of ketones is 7. The van der Waals surface area contributed by atoms with E-state index in [4.69, 9.17) is 16.0 Å². The lowest BCUT2D eigenvalue weighted by Gasteiger charge is -2.45. The van der Waals surface area contributed by atoms with E-state index in [1.165, 1.54) is 0 Å². The summed E-state index contributed by atoms with van der Waals surface area (Å²) in [4.78, 5) is 128. The number of hydrogen-bond acceptors (Lipinski definition) is 16. The van der Waals surface area contributed by atoms with E-state index < -0.39 is 55.4 Å². The predicted molar refractivity (Wildman–Crippen MR) is 548 cm³/mol. The monoisotopic (exact) mass is 1880 g/mol. The number of nitrogens with zero attached hydrogens (tertiary/aromatic N) is 6. The molecule has 4 aliphatic rings. The molecule has 7 rings (SSSR count). The quantitative estimate of drug-likeness (QED) is 0.0426. The van der Waals surface area contributed by atoms with E-state index in [2.05, 4.69) is 219 Å². The molecule has 2 atom stereocenters. The van der Waals surface area contributed by atoms with Gasteiger partial charge in [-0.05, 0) is 158 Å². The molecule has 5 amide bonds. The van der Waals surface area contributed by atoms with Gasteiger partial charge >= 0.3 is 12.1 Å². The summed E-state index contributed by atoms with van der Waals surface area (Å²) in [6.45, 7) is 98.5. The molecule has 0 unspecified atom stereocenters. The SMILES string of the molecule is CC(C)(C)/C=C(\F)C(C)(C)C.CC(C)(C)C(=O)C1(C(=O)C(C)(C)C)CCC1.CC(C)(C)C(=O)C1(C(=O)C[C@@H](CCCNC(N)=O)C(C)(C)C)CCC1.CC(C)(C)CC(=O)C1(C(=O)C[C@@H](CCCNC(N)=O)C(C)(C)C)CCC1.CC(C)(C)NC(=O)C1(C(=O)C(C)(C)C)CCC1.CC(C)(C)c1cc(C(C)(C)C)on1.CC(C)(C)c1cn(C(C)(C)C)nn1.CC(C)(C)c1n[nH]c(C(C)(C)C)n1. The van der Waals surface area contributed by atoms with E-state index in [0.29, 0.717) is 70.9 Å². The average molecular weight is 1880 g/mol. The fraction of sp³-hybridized carbons (Fsp3) is 0.827. The number of urea groups is 2. The molecule has 772 valence electrons. The van der Waals surface area contributed by atoms with Crippen LogP contribution >= 0.6 is 0 Å². The molecule has 0 radical (unpaired) electrons. The molecule has 24 heteroatoms. The molecular formula is C110H199FN12O11. The van der Waals surface area contributed by atoms with Crippen LogP contribution in [0.15, 0.2) is 28.7 Å². The summed E-state index contributed by atoms with van der Waals surface area (Å²) in [6.07, 6.45) is 17.9. The number of rotatable bonds is 21. The van der Waals surface area contributed by atoms with Crippen LogP contribution < -0.4 is 27.4 Å². The maximum atomic E-state index is 13.3. The normalized spacial score (nSPS) is 16.9. The topological polar surface area (TPSA) is 357 Å². The van der Waals surface area contributed by atoms with Crippen molar-refractivity contribution in [2.45, 2.75) is 492 Å². The van der Waals surface area contributed by atoms with E-state index in [9.17, 15) is 52.3 Å². The van der Waals surface area contributed by atoms with E-state index in [1.807, 2.05) is 177 Å². The summed E-state index contributed by atoms with van der Waals surface area (Å²) in [7, 11) is 0. The molecule has 8 N–H and O–H groups in total. The number of carbonyl (C=O) groups excluding carboxylic acids is 10. The first-order chi connectivity index (χ1) is 59.3. The lowest BCUT2D eigenvalue weighted by atomic mass is 9.55. The zero-order valence-corrected chi connectivity index (χ0v) is 94.4. The summed E-state index contributed by atoms with van der Waals surface area (Å²) in [6, 6.07) is 1.02. The van der Waals surface area contributed by atoms with Gasteiger partial charge in [-0.25, -0.2) is 23.6 Å². The molecule has 23 nitrogen and oxygen atoms in total. The van der Waals surface area contributed by atoms with Crippen molar-refractivity contribution in [3.8, 4) is 0 Å². The van der Waals surface area contributed by atoms with Crippen molar-refractivity contribution >= 4 is 58.5 Å². The number of aromatic nitrogens is 7. The smallest absolute Gasteiger partial charge is 0.312 e. The third-order valence-corrected chi connectivity index (χ3v) is 25.0. The first-order valence-electron chi connectivity index (χ1n) is 49.8. The standard InChI is InChI=1S/C21H38N2O3.C20H36N2O3.C14H25NO2.C14H24O2.C11H19NO.C10H19F.2C10H19N3/c1-19(2,3)14-17(25)21(10-8-11-21)16(24)13-15(20(4,5)6)9-7-12-23-18(22)26;1-18(2,3)14(9-7-12-22-17(21)25)13-15(23)20(10-8-11-20)16(24)19(4,5)6;1-12(2,3)10(16)14(8-7-9-14)11(17)15-13(4,5)6;1-12(2,3)10(15)14(8-7-9-14)11(16)13(4,5)6;1-10(2,3)8-7-9(13-12-8)11(4,5)6;1-9(2,3)7-8(11)10(4,5)6;1-9(2,3)7-11-8(13-12-7)10(4,5)6;1-9(2,3)8-7-13(12-11-8)10(4,5)6/h15H,7-14H2,1-6H3,(H3,22,23,26);14H,7-13H2,1-6H3,(H3,21,22,25);7-9H2,1-6H3,(H,15,17);7-9H2,1-6H3;7H,1-6H3;7H,1-6H3;1-6H3,(H,11,12,13);7H,1-6H3/b;;;;;8-7-;;/t15-;14-;;;;;;/m11....../s1. The highest BCUT2D eigenvalue weighted by Gasteiger charge is 2.58. The van der Waals surface area contributed by atoms with Gasteiger partial charge in [0.1, 0.15) is 40.2 Å². The Morgan fingerprint density at radius 3 is 1.01 bits per heavy atom. The summed E-state index contributed by atoms with van der Waals surface area (Å²) in [5, 5.41) is 27.7. The third-order valence-electron chi connectivity index (χ3n) is 25.0. The molecular weight excluding hydrogens is 1680 g/mol. The lowest BCUT2D eigenvalue weighted by molar-refractivity contribution is -0.157. The van der Waals surface area contributed by atoms with E-state index in [-0.39, 0.29) is 129 Å². The lowest BCUT2D eigenvalue weighted by Crippen LogP contribution is -2.57. The summed E-state index contributed by atoms with van der Waals surface area (Å²) < 4.78 is 20.5. The molecule has 4 aliphatic carbocycles. The van der Waals surface area contributed by atoms with Crippen LogP contribution in [0.3, 0.4) is 0 Å². The Morgan fingerprint density at radius 1 is 0.448 bits per heavy atom. The fourth-order valence-electron chi connectivity index (χ4n) is 15.7. The number of nitrogens with one attached hydrogen (secondary N) is 4. The van der Waals surface area contributed by atoms with Crippen LogP contribution in [0.5, 0.6) is 0 Å². The van der Waals surface area contributed by atoms with Gasteiger partial charge in [0.25, 0.3) is 0 Å². The molecule has 0 bridgehead atoms. The van der Waals surface area contributed by atoms with Gasteiger partial charge in [-0.3, -0.25) is 43.5 Å². The van der Waals surface area contributed by atoms with Crippen molar-refractivity contribution in [3.05, 3.63) is 53.0 Å². The maximum absolute atomic E-state index is 13.3. The van der Waals surface area contributed by atoms with Gasteiger partial charge < -0.3 is 31.9 Å². The largest absolute Gasteiger partial charge is 0.361 e. The number of aromatic amines is 1. The maximum Gasteiger partial charge on any atom is 0.312 e. The number of hydrogen-bond donors (Lipinski definition) is 6. The molecule has 134 heavy (non-hydrogen) atoms. The summed E-state index contributed by atoms with van der Waals surface area (Å²) in [5.74, 6) is 3.86. The number of Topliss-reactive ketones (excluding diaryl/α,β-unsaturated/α-hetero) is 7. The Kier molecular flexibility index (Phi) is 44.7. The van der Waals surface area contributed by atoms with Crippen LogP contribution in [0.2, 0.25) is 0 Å². The van der Waals surface area contributed by atoms with Crippen molar-refractivity contribution < 1.29 is 56.9 Å². The van der Waals surface area contributed by atoms with Gasteiger partial charge in [-0.15, -0.1) is 5.10 Å². The molecule has 3 heterocycles. The molecule has 4 fully saturated rings. The number of amides is 5. The van der Waals surface area contributed by atoms with Gasteiger partial charge in [0.05, 0.1) is 33.2 Å². The second kappa shape index (κ2) is 47.2. The summed E-state index contributed by atoms with van der Waals surface area (Å²) >= 11 is 0. The van der Waals surface area contributed by atoms with Gasteiger partial charge in [0, 0.05) is 104 Å². The molecule has 0 aromatic carbocycles. The minimum Gasteiger partial charge on any atom is -0.361 e. The van der Waals surface area contributed by atoms with E-state index >= 15 is 0 Å². The molecule has 0 spiro atoms. The second-order valence-electron chi connectivity index (χ2n) is 55.8. The van der Waals surface area contributed by atoms with Gasteiger partial charge in [-0.2, -0.15) is 5.10 Å². The first kappa shape index (κ1) is 127. The minimum atomic E-state index is -0.758. The van der Waals surface area contributed by atoms with Crippen LogP contribution in [0, 0.1) is 82.2 Å².